The summed E-state index contributed by atoms with van der Waals surface area (Å²) in [7, 11) is 0. The van der Waals surface area contributed by atoms with Crippen LogP contribution in [0.25, 0.3) is 0 Å². The van der Waals surface area contributed by atoms with Gasteiger partial charge in [0.2, 0.25) is 0 Å². The minimum atomic E-state index is -0.0487. The number of hydrogen-bond donors (Lipinski definition) is 1. The number of benzene rings is 1. The van der Waals surface area contributed by atoms with Gasteiger partial charge in [0.1, 0.15) is 0 Å². The van der Waals surface area contributed by atoms with E-state index in [0.717, 1.165) is 25.9 Å². The smallest absolute Gasteiger partial charge is 0.0785 e. The summed E-state index contributed by atoms with van der Waals surface area (Å²) in [6.45, 7) is 6.39. The Balaban J connectivity index is 2.01. The van der Waals surface area contributed by atoms with Gasteiger partial charge in [0.05, 0.1) is 4.99 Å². The van der Waals surface area contributed by atoms with Crippen molar-refractivity contribution in [3.8, 4) is 0 Å². The molecule has 17 heavy (non-hydrogen) atoms. The number of nitrogens with zero attached hydrogens (tertiary/aromatic N) is 1. The van der Waals surface area contributed by atoms with Gasteiger partial charge in [-0.2, -0.15) is 0 Å². The van der Waals surface area contributed by atoms with Gasteiger partial charge in [0, 0.05) is 24.2 Å². The number of fused-ring (bicyclic) bond motifs is 1. The Morgan fingerprint density at radius 1 is 1.41 bits per heavy atom. The molecule has 0 fully saturated rings. The lowest BCUT2D eigenvalue weighted by molar-refractivity contribution is 0.478. The molecular formula is C14H20N2S. The maximum Gasteiger partial charge on any atom is 0.0785 e. The fourth-order valence-electron chi connectivity index (χ4n) is 2.18. The van der Waals surface area contributed by atoms with Crippen LogP contribution in [0.5, 0.6) is 0 Å². The van der Waals surface area contributed by atoms with Gasteiger partial charge in [-0.05, 0) is 24.5 Å². The average molecular weight is 248 g/mol. The Labute approximate surface area is 109 Å². The first-order valence-corrected chi connectivity index (χ1v) is 6.54. The molecular weight excluding hydrogens is 228 g/mol. The molecule has 0 radical (unpaired) electrons. The highest BCUT2D eigenvalue weighted by molar-refractivity contribution is 7.80. The van der Waals surface area contributed by atoms with Crippen molar-refractivity contribution in [1.29, 1.82) is 0 Å². The molecule has 1 aromatic carbocycles. The first kappa shape index (κ1) is 12.4. The standard InChI is InChI=1S/C14H20N2S/c1-14(2,13(15)17)8-10-16-9-7-11-5-3-4-6-12(11)16/h3-6H,7-10H2,1-2H3,(H2,15,17). The van der Waals surface area contributed by atoms with E-state index < -0.39 is 0 Å². The van der Waals surface area contributed by atoms with Crippen LogP contribution in [0.3, 0.4) is 0 Å². The molecule has 1 aliphatic heterocycles. The fraction of sp³-hybridized carbons (Fsp3) is 0.500. The molecule has 0 amide bonds. The lowest BCUT2D eigenvalue weighted by Gasteiger charge is -2.27. The highest BCUT2D eigenvalue weighted by Crippen LogP contribution is 2.29. The van der Waals surface area contributed by atoms with Crippen LogP contribution in [0, 0.1) is 5.41 Å². The van der Waals surface area contributed by atoms with Crippen LogP contribution in [-0.4, -0.2) is 18.1 Å². The third kappa shape index (κ3) is 2.60. The Hall–Kier alpha value is -1.09. The fourth-order valence-corrected chi connectivity index (χ4v) is 2.28. The van der Waals surface area contributed by atoms with E-state index in [1.54, 1.807) is 0 Å². The van der Waals surface area contributed by atoms with Crippen LogP contribution >= 0.6 is 12.2 Å². The van der Waals surface area contributed by atoms with Crippen LogP contribution in [0.1, 0.15) is 25.8 Å². The van der Waals surface area contributed by atoms with Crippen molar-refractivity contribution in [3.05, 3.63) is 29.8 Å². The topological polar surface area (TPSA) is 29.3 Å². The molecule has 1 aliphatic rings. The summed E-state index contributed by atoms with van der Waals surface area (Å²) in [5.74, 6) is 0. The van der Waals surface area contributed by atoms with Gasteiger partial charge in [-0.25, -0.2) is 0 Å². The van der Waals surface area contributed by atoms with E-state index >= 15 is 0 Å². The van der Waals surface area contributed by atoms with Crippen LogP contribution in [-0.2, 0) is 6.42 Å². The maximum atomic E-state index is 5.76. The summed E-state index contributed by atoms with van der Waals surface area (Å²) in [5.41, 5.74) is 8.55. The van der Waals surface area contributed by atoms with E-state index in [0.29, 0.717) is 4.99 Å². The third-order valence-electron chi connectivity index (χ3n) is 3.66. The molecule has 0 aliphatic carbocycles. The Morgan fingerprint density at radius 3 is 2.82 bits per heavy atom. The average Bonchev–Trinajstić information content (AvgIpc) is 2.69. The van der Waals surface area contributed by atoms with Crippen molar-refractivity contribution >= 4 is 22.9 Å². The first-order valence-electron chi connectivity index (χ1n) is 6.13. The molecule has 2 N–H and O–H groups in total. The van der Waals surface area contributed by atoms with Crippen molar-refractivity contribution in [3.63, 3.8) is 0 Å². The third-order valence-corrected chi connectivity index (χ3v) is 4.21. The molecule has 0 bridgehead atoms. The molecule has 2 rings (SSSR count). The van der Waals surface area contributed by atoms with Crippen LogP contribution < -0.4 is 10.6 Å². The minimum Gasteiger partial charge on any atom is -0.393 e. The molecule has 0 atom stereocenters. The van der Waals surface area contributed by atoms with E-state index in [1.807, 2.05) is 0 Å². The zero-order valence-corrected chi connectivity index (χ0v) is 11.4. The molecule has 0 saturated heterocycles. The molecule has 0 unspecified atom stereocenters. The number of nitrogens with two attached hydrogens (primary N) is 1. The number of hydrogen-bond acceptors (Lipinski definition) is 2. The van der Waals surface area contributed by atoms with Crippen LogP contribution in [0.4, 0.5) is 5.69 Å². The van der Waals surface area contributed by atoms with Crippen molar-refractivity contribution in [2.75, 3.05) is 18.0 Å². The van der Waals surface area contributed by atoms with Gasteiger partial charge in [0.15, 0.2) is 0 Å². The molecule has 0 spiro atoms. The van der Waals surface area contributed by atoms with Crippen molar-refractivity contribution < 1.29 is 0 Å². The first-order chi connectivity index (χ1) is 8.00. The molecule has 0 aromatic heterocycles. The molecule has 92 valence electrons. The van der Waals surface area contributed by atoms with E-state index in [4.69, 9.17) is 18.0 Å². The lowest BCUT2D eigenvalue weighted by Crippen LogP contribution is -2.34. The minimum absolute atomic E-state index is 0.0487. The zero-order valence-electron chi connectivity index (χ0n) is 10.6. The molecule has 1 aromatic rings. The number of thiocarbonyl (C=S) groups is 1. The molecule has 1 heterocycles. The summed E-state index contributed by atoms with van der Waals surface area (Å²) < 4.78 is 0. The Bertz CT molecular complexity index is 426. The van der Waals surface area contributed by atoms with Crippen molar-refractivity contribution in [2.45, 2.75) is 26.7 Å². The second-order valence-electron chi connectivity index (χ2n) is 5.36. The quantitative estimate of drug-likeness (QED) is 0.831. The van der Waals surface area contributed by atoms with Crippen LogP contribution in [0.2, 0.25) is 0 Å². The van der Waals surface area contributed by atoms with Gasteiger partial charge >= 0.3 is 0 Å². The van der Waals surface area contributed by atoms with E-state index in [-0.39, 0.29) is 5.41 Å². The van der Waals surface area contributed by atoms with Crippen molar-refractivity contribution in [2.24, 2.45) is 11.1 Å². The monoisotopic (exact) mass is 248 g/mol. The summed E-state index contributed by atoms with van der Waals surface area (Å²) >= 11 is 5.11. The molecule has 3 heteroatoms. The summed E-state index contributed by atoms with van der Waals surface area (Å²) in [4.78, 5) is 3.06. The van der Waals surface area contributed by atoms with E-state index in [1.165, 1.54) is 11.3 Å². The molecule has 0 saturated carbocycles. The number of para-hydroxylation sites is 1. The normalized spacial score (nSPS) is 14.8. The highest BCUT2D eigenvalue weighted by atomic mass is 32.1. The second kappa shape index (κ2) is 4.65. The Morgan fingerprint density at radius 2 is 2.12 bits per heavy atom. The highest BCUT2D eigenvalue weighted by Gasteiger charge is 2.24. The van der Waals surface area contributed by atoms with Gasteiger partial charge in [0.25, 0.3) is 0 Å². The summed E-state index contributed by atoms with van der Waals surface area (Å²) in [6.07, 6.45) is 2.17. The van der Waals surface area contributed by atoms with Crippen LogP contribution in [0.15, 0.2) is 24.3 Å². The second-order valence-corrected chi connectivity index (χ2v) is 5.80. The SMILES string of the molecule is CC(C)(CCN1CCc2ccccc21)C(N)=S. The van der Waals surface area contributed by atoms with Crippen molar-refractivity contribution in [1.82, 2.24) is 0 Å². The largest absolute Gasteiger partial charge is 0.393 e. The molecule has 2 nitrogen and oxygen atoms in total. The lowest BCUT2D eigenvalue weighted by atomic mass is 9.89. The van der Waals surface area contributed by atoms with Gasteiger partial charge in [-0.1, -0.05) is 44.3 Å². The van der Waals surface area contributed by atoms with E-state index in [2.05, 4.69) is 43.0 Å². The predicted octanol–water partition coefficient (Wildman–Crippen LogP) is 2.75. The summed E-state index contributed by atoms with van der Waals surface area (Å²) in [6, 6.07) is 8.64. The number of rotatable bonds is 4. The van der Waals surface area contributed by atoms with Gasteiger partial charge < -0.3 is 10.6 Å². The zero-order chi connectivity index (χ0) is 12.5. The van der Waals surface area contributed by atoms with Gasteiger partial charge in [-0.15, -0.1) is 0 Å². The predicted molar refractivity (Wildman–Crippen MR) is 77.5 cm³/mol. The number of anilines is 1. The summed E-state index contributed by atoms with van der Waals surface area (Å²) in [5, 5.41) is 0. The Kier molecular flexibility index (Phi) is 3.38. The van der Waals surface area contributed by atoms with Gasteiger partial charge in [-0.3, -0.25) is 0 Å². The maximum absolute atomic E-state index is 5.76. The van der Waals surface area contributed by atoms with E-state index in [9.17, 15) is 0 Å².